The first-order valence-corrected chi connectivity index (χ1v) is 18.0. The molecule has 0 saturated heterocycles. The summed E-state index contributed by atoms with van der Waals surface area (Å²) in [4.78, 5) is 0. The Morgan fingerprint density at radius 1 is 1.04 bits per heavy atom. The summed E-state index contributed by atoms with van der Waals surface area (Å²) in [7, 11) is -3.34. The van der Waals surface area contributed by atoms with Gasteiger partial charge in [-0.3, -0.25) is 0 Å². The molecule has 1 heterocycles. The first-order valence-electron chi connectivity index (χ1n) is 10.4. The van der Waals surface area contributed by atoms with E-state index < -0.39 is 16.4 Å². The summed E-state index contributed by atoms with van der Waals surface area (Å²) < 4.78 is 14.4. The average molecular weight is 401 g/mol. The van der Waals surface area contributed by atoms with Crippen LogP contribution in [0.2, 0.25) is 43.8 Å². The minimum absolute atomic E-state index is 0.0833. The van der Waals surface area contributed by atoms with Crippen molar-refractivity contribution in [2.24, 2.45) is 5.41 Å². The van der Waals surface area contributed by atoms with Crippen molar-refractivity contribution in [3.63, 3.8) is 0 Å². The second kappa shape index (κ2) is 8.71. The quantitative estimate of drug-likeness (QED) is 0.397. The van der Waals surface area contributed by atoms with E-state index in [9.17, 15) is 0 Å². The molecule has 0 radical (unpaired) electrons. The van der Waals surface area contributed by atoms with Crippen LogP contribution in [-0.2, 0) is 22.3 Å². The van der Waals surface area contributed by atoms with Crippen LogP contribution in [0.1, 0.15) is 40.3 Å². The normalized spacial score (nSPS) is 15.3. The first-order chi connectivity index (χ1) is 11.6. The van der Waals surface area contributed by atoms with Gasteiger partial charge >= 0.3 is 164 Å². The topological polar surface area (TPSA) is 36.3 Å². The number of hydrogen-bond acceptors (Lipinski definition) is 3. The van der Waals surface area contributed by atoms with Crippen LogP contribution in [0.15, 0.2) is 12.3 Å². The van der Waals surface area contributed by atoms with E-state index in [0.717, 1.165) is 19.6 Å². The third-order valence-electron chi connectivity index (χ3n) is 5.78. The van der Waals surface area contributed by atoms with Gasteiger partial charge in [-0.2, -0.15) is 0 Å². The average Bonchev–Trinajstić information content (AvgIpc) is 2.86. The molecule has 1 rings (SSSR count). The van der Waals surface area contributed by atoms with Gasteiger partial charge in [0.15, 0.2) is 0 Å². The van der Waals surface area contributed by atoms with Gasteiger partial charge < -0.3 is 0 Å². The van der Waals surface area contributed by atoms with Gasteiger partial charge in [-0.05, 0) is 0 Å². The molecule has 0 aliphatic rings. The monoisotopic (exact) mass is 400 g/mol. The molecule has 26 heavy (non-hydrogen) atoms. The predicted octanol–water partition coefficient (Wildman–Crippen LogP) is 5.25. The summed E-state index contributed by atoms with van der Waals surface area (Å²) in [5.74, 6) is 0. The summed E-state index contributed by atoms with van der Waals surface area (Å²) in [6.45, 7) is 25.6. The summed E-state index contributed by atoms with van der Waals surface area (Å²) >= 11 is 0. The van der Waals surface area contributed by atoms with Crippen molar-refractivity contribution in [2.75, 3.05) is 13.2 Å². The second-order valence-corrected chi connectivity index (χ2v) is 23.9. The molecule has 0 atom stereocenters. The van der Waals surface area contributed by atoms with Gasteiger partial charge in [0.05, 0.1) is 0 Å². The van der Waals surface area contributed by atoms with Crippen LogP contribution in [0.4, 0.5) is 0 Å². The van der Waals surface area contributed by atoms with E-state index in [4.69, 9.17) is 9.16 Å². The summed E-state index contributed by atoms with van der Waals surface area (Å²) in [5.41, 5.74) is 1.31. The minimum atomic E-state index is -2.03. The molecule has 0 N–H and O–H groups in total. The molecule has 0 aliphatic heterocycles. The van der Waals surface area contributed by atoms with Crippen molar-refractivity contribution in [1.82, 2.24) is 9.78 Å². The predicted molar refractivity (Wildman–Crippen MR) is 120 cm³/mol. The molecule has 0 aromatic carbocycles. The van der Waals surface area contributed by atoms with Gasteiger partial charge in [-0.1, -0.05) is 0 Å². The van der Waals surface area contributed by atoms with E-state index in [0.29, 0.717) is 6.73 Å². The Balaban J connectivity index is 2.59. The van der Waals surface area contributed by atoms with Crippen molar-refractivity contribution in [3.05, 3.63) is 18.0 Å². The van der Waals surface area contributed by atoms with E-state index in [-0.39, 0.29) is 10.5 Å². The summed E-state index contributed by atoms with van der Waals surface area (Å²) in [6.07, 6.45) is 2.83. The molecule has 0 saturated carbocycles. The van der Waals surface area contributed by atoms with Gasteiger partial charge in [0.2, 0.25) is 0 Å². The Bertz CT molecular complexity index is 555. The van der Waals surface area contributed by atoms with Crippen LogP contribution in [-0.4, -0.2) is 39.4 Å². The van der Waals surface area contributed by atoms with Gasteiger partial charge in [0.1, 0.15) is 0 Å². The fraction of sp³-hybridized carbons (Fsp3) is 0.850. The molecule has 0 amide bonds. The Hall–Kier alpha value is -0.436. The zero-order valence-corrected chi connectivity index (χ0v) is 21.4. The number of aromatic nitrogens is 2. The number of hydrogen-bond donors (Lipinski definition) is 0. The molecule has 0 fully saturated rings. The molecule has 0 unspecified atom stereocenters. The third kappa shape index (κ3) is 8.07. The van der Waals surface area contributed by atoms with Gasteiger partial charge in [-0.25, -0.2) is 0 Å². The van der Waals surface area contributed by atoms with E-state index in [1.54, 1.807) is 0 Å². The fourth-order valence-corrected chi connectivity index (χ4v) is 4.68. The standard InChI is InChI=1S/C20H44N2O2Si2/c1-19(2,3)26(9,10)24-16-20(4,5)15-18-11-12-21-22(18)17-23-13-14-25(6,7)8/h11-12,25-26H,13-17H2,1-10H3/q-2. The second-order valence-electron chi connectivity index (χ2n) is 11.9. The van der Waals surface area contributed by atoms with Crippen molar-refractivity contribution in [3.8, 4) is 0 Å². The number of nitrogens with zero attached hydrogens (tertiary/aromatic N) is 2. The SMILES string of the molecule is CC(C)(CO[SiH-](C)(C)C(C)(C)C)Cc1ccnn1COCC[SiH-](C)(C)C. The van der Waals surface area contributed by atoms with Crippen LogP contribution < -0.4 is 0 Å². The van der Waals surface area contributed by atoms with Gasteiger partial charge in [-0.15, -0.1) is 0 Å². The van der Waals surface area contributed by atoms with Gasteiger partial charge in [0.25, 0.3) is 0 Å². The van der Waals surface area contributed by atoms with Crippen LogP contribution in [0.25, 0.3) is 0 Å². The molecule has 6 heteroatoms. The Morgan fingerprint density at radius 3 is 2.19 bits per heavy atom. The van der Waals surface area contributed by atoms with Crippen LogP contribution in [0.5, 0.6) is 0 Å². The molecule has 156 valence electrons. The molecule has 1 aromatic heterocycles. The Labute approximate surface area is 163 Å². The van der Waals surface area contributed by atoms with E-state index in [1.165, 1.54) is 11.7 Å². The van der Waals surface area contributed by atoms with Crippen molar-refractivity contribution in [2.45, 2.75) is 91.6 Å². The third-order valence-corrected chi connectivity index (χ3v) is 12.9. The maximum atomic E-state index is 6.49. The maximum absolute atomic E-state index is 6.49. The molecule has 1 aromatic rings. The van der Waals surface area contributed by atoms with Crippen molar-refractivity contribution in [1.29, 1.82) is 0 Å². The molecular formula is C20H44N2O2Si2-2. The van der Waals surface area contributed by atoms with E-state index in [1.807, 2.05) is 10.9 Å². The van der Waals surface area contributed by atoms with Crippen molar-refractivity contribution >= 4 is 16.4 Å². The molecule has 0 aliphatic carbocycles. The van der Waals surface area contributed by atoms with E-state index in [2.05, 4.69) is 78.5 Å². The molecule has 4 nitrogen and oxygen atoms in total. The fourth-order valence-electron chi connectivity index (χ4n) is 2.44. The Morgan fingerprint density at radius 2 is 1.65 bits per heavy atom. The molecule has 0 bridgehead atoms. The van der Waals surface area contributed by atoms with Crippen molar-refractivity contribution < 1.29 is 9.16 Å². The molecular weight excluding hydrogens is 356 g/mol. The summed E-state index contributed by atoms with van der Waals surface area (Å²) in [5, 5.41) is 4.73. The van der Waals surface area contributed by atoms with Crippen LogP contribution >= 0.6 is 0 Å². The van der Waals surface area contributed by atoms with E-state index >= 15 is 0 Å². The number of rotatable bonds is 10. The zero-order valence-electron chi connectivity index (χ0n) is 19.1. The summed E-state index contributed by atoms with van der Waals surface area (Å²) in [6, 6.07) is 3.33. The first kappa shape index (κ1) is 23.6. The number of ether oxygens (including phenoxy) is 1. The van der Waals surface area contributed by atoms with Gasteiger partial charge in [0, 0.05) is 0 Å². The van der Waals surface area contributed by atoms with Crippen LogP contribution in [0, 0.1) is 5.41 Å². The Kier molecular flexibility index (Phi) is 7.91. The zero-order chi connectivity index (χ0) is 20.2. The molecule has 0 spiro atoms. The van der Waals surface area contributed by atoms with Crippen LogP contribution in [0.3, 0.4) is 0 Å².